The van der Waals surface area contributed by atoms with Gasteiger partial charge in [0, 0.05) is 25.8 Å². The Balaban J connectivity index is 1.61. The van der Waals surface area contributed by atoms with Crippen LogP contribution in [0.1, 0.15) is 35.0 Å². The van der Waals surface area contributed by atoms with Crippen molar-refractivity contribution < 1.29 is 4.79 Å². The summed E-state index contributed by atoms with van der Waals surface area (Å²) in [5, 5.41) is 14.5. The van der Waals surface area contributed by atoms with Gasteiger partial charge in [0.05, 0.1) is 11.7 Å². The minimum absolute atomic E-state index is 0.0914. The van der Waals surface area contributed by atoms with E-state index in [4.69, 9.17) is 0 Å². The maximum atomic E-state index is 12.8. The predicted molar refractivity (Wildman–Crippen MR) is 107 cm³/mol. The van der Waals surface area contributed by atoms with Gasteiger partial charge in [-0.15, -0.1) is 0 Å². The Labute approximate surface area is 165 Å². The van der Waals surface area contributed by atoms with Crippen LogP contribution in [0, 0.1) is 13.8 Å². The van der Waals surface area contributed by atoms with Gasteiger partial charge in [0.1, 0.15) is 12.7 Å². The molecule has 2 N–H and O–H groups in total. The van der Waals surface area contributed by atoms with E-state index in [1.165, 1.54) is 11.9 Å². The number of carbonyl (C=O) groups is 1. The molecule has 0 spiro atoms. The third-order valence-corrected chi connectivity index (χ3v) is 4.94. The van der Waals surface area contributed by atoms with E-state index in [1.807, 2.05) is 51.2 Å². The smallest absolute Gasteiger partial charge is 0.317 e. The summed E-state index contributed by atoms with van der Waals surface area (Å²) in [6.45, 7) is 5.29. The van der Waals surface area contributed by atoms with Crippen molar-refractivity contribution in [3.8, 4) is 0 Å². The number of hydrogen-bond donors (Lipinski definition) is 2. The average molecular weight is 381 g/mol. The van der Waals surface area contributed by atoms with Gasteiger partial charge in [-0.25, -0.2) is 9.78 Å². The Hall–Kier alpha value is -3.16. The zero-order valence-electron chi connectivity index (χ0n) is 16.6. The van der Waals surface area contributed by atoms with Gasteiger partial charge in [0.15, 0.2) is 0 Å². The van der Waals surface area contributed by atoms with Crippen molar-refractivity contribution in [1.82, 2.24) is 35.2 Å². The number of benzene rings is 1. The van der Waals surface area contributed by atoms with E-state index in [-0.39, 0.29) is 12.1 Å². The summed E-state index contributed by atoms with van der Waals surface area (Å²) >= 11 is 0. The summed E-state index contributed by atoms with van der Waals surface area (Å²) < 4.78 is 1.77. The first-order chi connectivity index (χ1) is 13.5. The van der Waals surface area contributed by atoms with Crippen LogP contribution in [0.4, 0.5) is 4.79 Å². The lowest BCUT2D eigenvalue weighted by Crippen LogP contribution is -2.40. The Bertz CT molecular complexity index is 854. The fraction of sp³-hybridized carbons (Fsp3) is 0.400. The predicted octanol–water partition coefficient (Wildman–Crippen LogP) is 2.63. The van der Waals surface area contributed by atoms with Gasteiger partial charge in [-0.2, -0.15) is 10.2 Å². The van der Waals surface area contributed by atoms with Crippen molar-refractivity contribution in [2.24, 2.45) is 0 Å². The lowest BCUT2D eigenvalue weighted by molar-refractivity contribution is 0.203. The van der Waals surface area contributed by atoms with E-state index in [0.717, 1.165) is 29.8 Å². The number of rotatable bonds is 8. The van der Waals surface area contributed by atoms with Crippen LogP contribution in [0.25, 0.3) is 0 Å². The third-order valence-electron chi connectivity index (χ3n) is 4.94. The van der Waals surface area contributed by atoms with Crippen LogP contribution in [0.3, 0.4) is 0 Å². The Kier molecular flexibility index (Phi) is 6.41. The number of aryl methyl sites for hydroxylation is 3. The molecule has 148 valence electrons. The highest BCUT2D eigenvalue weighted by Gasteiger charge is 2.18. The number of carbonyl (C=O) groups excluding carboxylic acids is 1. The SMILES string of the molecule is Cc1n[nH]c(C)c1CCN(C)C(=O)N[C@@H](CCn1cncn1)c1ccccc1. The standard InChI is InChI=1S/C20H27N7O/c1-15-18(16(2)25-24-15)9-11-26(3)20(28)23-19(17-7-5-4-6-8-17)10-12-27-14-21-13-22-27/h4-8,13-14,19H,9-12H2,1-3H3,(H,23,28)(H,24,25)/t19-/m0/s1. The normalized spacial score (nSPS) is 12.0. The average Bonchev–Trinajstić information content (AvgIpc) is 3.34. The molecule has 0 fully saturated rings. The number of nitrogens with zero attached hydrogens (tertiary/aromatic N) is 5. The van der Waals surface area contributed by atoms with E-state index < -0.39 is 0 Å². The molecule has 0 saturated heterocycles. The molecular formula is C20H27N7O. The minimum atomic E-state index is -0.0993. The molecular weight excluding hydrogens is 354 g/mol. The van der Waals surface area contributed by atoms with Crippen LogP contribution in [0.15, 0.2) is 43.0 Å². The van der Waals surface area contributed by atoms with Crippen LogP contribution in [0.5, 0.6) is 0 Å². The molecule has 0 aliphatic rings. The monoisotopic (exact) mass is 381 g/mol. The zero-order valence-corrected chi connectivity index (χ0v) is 16.6. The van der Waals surface area contributed by atoms with Gasteiger partial charge in [0.2, 0.25) is 0 Å². The summed E-state index contributed by atoms with van der Waals surface area (Å²) in [6, 6.07) is 9.82. The molecule has 0 aliphatic carbocycles. The summed E-state index contributed by atoms with van der Waals surface area (Å²) in [6.07, 6.45) is 4.70. The van der Waals surface area contributed by atoms with E-state index >= 15 is 0 Å². The number of amides is 2. The zero-order chi connectivity index (χ0) is 19.9. The molecule has 8 nitrogen and oxygen atoms in total. The highest BCUT2D eigenvalue weighted by atomic mass is 16.2. The maximum absolute atomic E-state index is 12.8. The molecule has 2 amide bonds. The minimum Gasteiger partial charge on any atom is -0.331 e. The van der Waals surface area contributed by atoms with Crippen LogP contribution >= 0.6 is 0 Å². The largest absolute Gasteiger partial charge is 0.331 e. The van der Waals surface area contributed by atoms with Crippen LogP contribution in [0.2, 0.25) is 0 Å². The van der Waals surface area contributed by atoms with Gasteiger partial charge < -0.3 is 10.2 Å². The molecule has 28 heavy (non-hydrogen) atoms. The quantitative estimate of drug-likeness (QED) is 0.627. The Morgan fingerprint density at radius 1 is 1.29 bits per heavy atom. The third kappa shape index (κ3) is 4.97. The summed E-state index contributed by atoms with van der Waals surface area (Å²) in [5.74, 6) is 0. The summed E-state index contributed by atoms with van der Waals surface area (Å²) in [7, 11) is 1.82. The molecule has 1 aromatic carbocycles. The first kappa shape index (κ1) is 19.6. The molecule has 2 aromatic heterocycles. The number of nitrogens with one attached hydrogen (secondary N) is 2. The van der Waals surface area contributed by atoms with E-state index in [1.54, 1.807) is 15.9 Å². The highest BCUT2D eigenvalue weighted by molar-refractivity contribution is 5.74. The number of urea groups is 1. The Morgan fingerprint density at radius 3 is 2.71 bits per heavy atom. The van der Waals surface area contributed by atoms with Gasteiger partial charge in [-0.3, -0.25) is 9.78 Å². The molecule has 2 heterocycles. The number of H-pyrrole nitrogens is 1. The summed E-state index contributed by atoms with van der Waals surface area (Å²) in [4.78, 5) is 18.5. The van der Waals surface area contributed by atoms with Crippen molar-refractivity contribution in [3.05, 3.63) is 65.5 Å². The fourth-order valence-corrected chi connectivity index (χ4v) is 3.20. The topological polar surface area (TPSA) is 91.7 Å². The molecule has 8 heteroatoms. The molecule has 0 unspecified atom stereocenters. The van der Waals surface area contributed by atoms with Gasteiger partial charge in [0.25, 0.3) is 0 Å². The van der Waals surface area contributed by atoms with Crippen molar-refractivity contribution in [1.29, 1.82) is 0 Å². The van der Waals surface area contributed by atoms with Crippen molar-refractivity contribution >= 4 is 6.03 Å². The van der Waals surface area contributed by atoms with Crippen LogP contribution in [-0.4, -0.2) is 49.5 Å². The number of hydrogen-bond acceptors (Lipinski definition) is 4. The van der Waals surface area contributed by atoms with Crippen molar-refractivity contribution in [2.75, 3.05) is 13.6 Å². The lowest BCUT2D eigenvalue weighted by atomic mass is 10.0. The van der Waals surface area contributed by atoms with Gasteiger partial charge >= 0.3 is 6.03 Å². The highest BCUT2D eigenvalue weighted by Crippen LogP contribution is 2.18. The second kappa shape index (κ2) is 9.16. The maximum Gasteiger partial charge on any atom is 0.317 e. The van der Waals surface area contributed by atoms with Crippen LogP contribution < -0.4 is 5.32 Å². The second-order valence-electron chi connectivity index (χ2n) is 6.94. The first-order valence-corrected chi connectivity index (χ1v) is 9.44. The van der Waals surface area contributed by atoms with E-state index in [0.29, 0.717) is 13.1 Å². The Morgan fingerprint density at radius 2 is 2.07 bits per heavy atom. The number of aromatic nitrogens is 5. The lowest BCUT2D eigenvalue weighted by Gasteiger charge is -2.24. The van der Waals surface area contributed by atoms with Gasteiger partial charge in [-0.1, -0.05) is 30.3 Å². The number of likely N-dealkylation sites (N-methyl/N-ethyl adjacent to an activating group) is 1. The molecule has 0 aliphatic heterocycles. The van der Waals surface area contributed by atoms with E-state index in [9.17, 15) is 4.79 Å². The van der Waals surface area contributed by atoms with Crippen molar-refractivity contribution in [2.45, 2.75) is 39.3 Å². The molecule has 0 saturated carbocycles. The molecule has 0 bridgehead atoms. The van der Waals surface area contributed by atoms with E-state index in [2.05, 4.69) is 25.6 Å². The first-order valence-electron chi connectivity index (χ1n) is 9.44. The fourth-order valence-electron chi connectivity index (χ4n) is 3.20. The summed E-state index contributed by atoms with van der Waals surface area (Å²) in [5.41, 5.74) is 4.29. The molecule has 0 radical (unpaired) electrons. The molecule has 1 atom stereocenters. The van der Waals surface area contributed by atoms with Gasteiger partial charge in [-0.05, 0) is 37.8 Å². The number of aromatic amines is 1. The molecule has 3 aromatic rings. The van der Waals surface area contributed by atoms with Crippen molar-refractivity contribution in [3.63, 3.8) is 0 Å². The second-order valence-corrected chi connectivity index (χ2v) is 6.94. The van der Waals surface area contributed by atoms with Crippen LogP contribution in [-0.2, 0) is 13.0 Å². The molecule has 3 rings (SSSR count).